The van der Waals surface area contributed by atoms with Crippen LogP contribution in [0.2, 0.25) is 0 Å². The third-order valence-electron chi connectivity index (χ3n) is 5.00. The number of rotatable bonds is 6. The predicted octanol–water partition coefficient (Wildman–Crippen LogP) is 4.93. The van der Waals surface area contributed by atoms with E-state index in [-0.39, 0.29) is 10.7 Å². The van der Waals surface area contributed by atoms with Crippen LogP contribution in [-0.4, -0.2) is 27.8 Å². The number of benzene rings is 3. The first-order valence-electron chi connectivity index (χ1n) is 10.1. The third-order valence-corrected chi connectivity index (χ3v) is 6.05. The molecule has 0 fully saturated rings. The number of thioether (sulfide) groups is 1. The summed E-state index contributed by atoms with van der Waals surface area (Å²) in [5.74, 6) is -4.70. The van der Waals surface area contributed by atoms with Crippen molar-refractivity contribution in [3.8, 4) is 11.4 Å². The molecule has 0 aliphatic carbocycles. The van der Waals surface area contributed by atoms with E-state index in [1.807, 2.05) is 0 Å². The minimum Gasteiger partial charge on any atom is -0.497 e. The summed E-state index contributed by atoms with van der Waals surface area (Å²) in [6.07, 6.45) is 0. The lowest BCUT2D eigenvalue weighted by Gasteiger charge is -2.17. The second-order valence-electron chi connectivity index (χ2n) is 7.23. The number of para-hydroxylation sites is 1. The summed E-state index contributed by atoms with van der Waals surface area (Å²) in [7, 11) is 1.50. The fourth-order valence-corrected chi connectivity index (χ4v) is 4.16. The average molecular weight is 485 g/mol. The molecule has 0 aliphatic rings. The van der Waals surface area contributed by atoms with Gasteiger partial charge in [-0.1, -0.05) is 30.0 Å². The maximum atomic E-state index is 14.0. The lowest BCUT2D eigenvalue weighted by molar-refractivity contribution is -0.115. The number of ether oxygens (including phenoxy) is 1. The van der Waals surface area contributed by atoms with Crippen molar-refractivity contribution in [2.75, 3.05) is 12.4 Å². The second-order valence-corrected chi connectivity index (χ2v) is 8.53. The smallest absolute Gasteiger partial charge is 0.266 e. The highest BCUT2D eigenvalue weighted by molar-refractivity contribution is 8.00. The third kappa shape index (κ3) is 4.49. The number of methoxy groups -OCH3 is 1. The molecule has 10 heteroatoms. The van der Waals surface area contributed by atoms with Crippen LogP contribution in [-0.2, 0) is 4.79 Å². The molecule has 1 heterocycles. The SMILES string of the molecule is COc1cccc(-n2c(SC(C)C(=O)Nc3ccc(F)c(F)c3F)nc3ccccc3c2=O)c1. The molecule has 1 unspecified atom stereocenters. The van der Waals surface area contributed by atoms with E-state index >= 15 is 0 Å². The van der Waals surface area contributed by atoms with E-state index in [0.717, 1.165) is 23.9 Å². The molecule has 0 bridgehead atoms. The van der Waals surface area contributed by atoms with Gasteiger partial charge in [0.25, 0.3) is 5.56 Å². The van der Waals surface area contributed by atoms with Gasteiger partial charge >= 0.3 is 0 Å². The van der Waals surface area contributed by atoms with Crippen molar-refractivity contribution in [3.05, 3.63) is 88.5 Å². The Morgan fingerprint density at radius 2 is 1.82 bits per heavy atom. The van der Waals surface area contributed by atoms with Crippen LogP contribution in [0.25, 0.3) is 16.6 Å². The van der Waals surface area contributed by atoms with Gasteiger partial charge in [-0.15, -0.1) is 0 Å². The number of carbonyl (C=O) groups is 1. The summed E-state index contributed by atoms with van der Waals surface area (Å²) >= 11 is 0.957. The molecule has 0 saturated carbocycles. The predicted molar refractivity (Wildman–Crippen MR) is 124 cm³/mol. The van der Waals surface area contributed by atoms with Crippen molar-refractivity contribution >= 4 is 34.3 Å². The lowest BCUT2D eigenvalue weighted by atomic mass is 10.2. The summed E-state index contributed by atoms with van der Waals surface area (Å²) in [5.41, 5.74) is 0.0754. The zero-order valence-corrected chi connectivity index (χ0v) is 18.8. The van der Waals surface area contributed by atoms with Crippen LogP contribution in [0.4, 0.5) is 18.9 Å². The molecular weight excluding hydrogens is 467 g/mol. The van der Waals surface area contributed by atoms with Crippen LogP contribution in [0.15, 0.2) is 70.6 Å². The number of fused-ring (bicyclic) bond motifs is 1. The number of hydrogen-bond acceptors (Lipinski definition) is 5. The first kappa shape index (κ1) is 23.4. The summed E-state index contributed by atoms with van der Waals surface area (Å²) in [5, 5.41) is 1.97. The molecule has 3 aromatic carbocycles. The Morgan fingerprint density at radius 3 is 2.59 bits per heavy atom. The number of aromatic nitrogens is 2. The average Bonchev–Trinajstić information content (AvgIpc) is 2.84. The maximum Gasteiger partial charge on any atom is 0.266 e. The zero-order chi connectivity index (χ0) is 24.4. The quantitative estimate of drug-likeness (QED) is 0.238. The fourth-order valence-electron chi connectivity index (χ4n) is 3.24. The molecule has 6 nitrogen and oxygen atoms in total. The summed E-state index contributed by atoms with van der Waals surface area (Å²) < 4.78 is 47.3. The van der Waals surface area contributed by atoms with Gasteiger partial charge in [0.05, 0.1) is 34.6 Å². The second kappa shape index (κ2) is 9.60. The molecule has 4 rings (SSSR count). The first-order chi connectivity index (χ1) is 16.3. The molecule has 4 aromatic rings. The van der Waals surface area contributed by atoms with Crippen LogP contribution < -0.4 is 15.6 Å². The molecule has 1 aromatic heterocycles. The normalized spacial score (nSPS) is 11.9. The Hall–Kier alpha value is -3.79. The number of nitrogens with one attached hydrogen (secondary N) is 1. The summed E-state index contributed by atoms with van der Waals surface area (Å²) in [4.78, 5) is 30.6. The number of carbonyl (C=O) groups excluding carboxylic acids is 1. The minimum atomic E-state index is -1.68. The number of hydrogen-bond donors (Lipinski definition) is 1. The molecule has 34 heavy (non-hydrogen) atoms. The van der Waals surface area contributed by atoms with Gasteiger partial charge in [0, 0.05) is 6.07 Å². The molecular formula is C24H18F3N3O3S. The fraction of sp³-hybridized carbons (Fsp3) is 0.125. The van der Waals surface area contributed by atoms with Crippen molar-refractivity contribution in [1.82, 2.24) is 9.55 Å². The van der Waals surface area contributed by atoms with E-state index in [1.54, 1.807) is 48.5 Å². The van der Waals surface area contributed by atoms with Crippen molar-refractivity contribution in [2.24, 2.45) is 0 Å². The van der Waals surface area contributed by atoms with Gasteiger partial charge in [0.15, 0.2) is 22.6 Å². The maximum absolute atomic E-state index is 14.0. The Balaban J connectivity index is 1.72. The van der Waals surface area contributed by atoms with Gasteiger partial charge in [-0.25, -0.2) is 18.2 Å². The highest BCUT2D eigenvalue weighted by Gasteiger charge is 2.22. The lowest BCUT2D eigenvalue weighted by Crippen LogP contribution is -2.26. The molecule has 0 spiro atoms. The summed E-state index contributed by atoms with van der Waals surface area (Å²) in [6.45, 7) is 1.52. The van der Waals surface area contributed by atoms with Crippen molar-refractivity contribution in [2.45, 2.75) is 17.3 Å². The van der Waals surface area contributed by atoms with Gasteiger partial charge in [-0.05, 0) is 43.3 Å². The first-order valence-corrected chi connectivity index (χ1v) is 11.0. The molecule has 1 N–H and O–H groups in total. The van der Waals surface area contributed by atoms with E-state index in [2.05, 4.69) is 10.3 Å². The molecule has 0 aliphatic heterocycles. The van der Waals surface area contributed by atoms with Crippen LogP contribution in [0, 0.1) is 17.5 Å². The minimum absolute atomic E-state index is 0.213. The number of amides is 1. The summed E-state index contributed by atoms with van der Waals surface area (Å²) in [6, 6.07) is 15.2. The van der Waals surface area contributed by atoms with Crippen molar-refractivity contribution < 1.29 is 22.7 Å². The van der Waals surface area contributed by atoms with Crippen LogP contribution in [0.1, 0.15) is 6.92 Å². The topological polar surface area (TPSA) is 73.2 Å². The van der Waals surface area contributed by atoms with Gasteiger partial charge in [-0.3, -0.25) is 14.2 Å². The van der Waals surface area contributed by atoms with Gasteiger partial charge in [0.2, 0.25) is 5.91 Å². The van der Waals surface area contributed by atoms with Crippen molar-refractivity contribution in [1.29, 1.82) is 0 Å². The van der Waals surface area contributed by atoms with Gasteiger partial charge in [-0.2, -0.15) is 0 Å². The molecule has 1 atom stereocenters. The number of nitrogens with zero attached hydrogens (tertiary/aromatic N) is 2. The van der Waals surface area contributed by atoms with Crippen molar-refractivity contribution in [3.63, 3.8) is 0 Å². The van der Waals surface area contributed by atoms with Crippen LogP contribution >= 0.6 is 11.8 Å². The Bertz CT molecular complexity index is 1460. The van der Waals surface area contributed by atoms with E-state index in [4.69, 9.17) is 4.74 Å². The molecule has 0 radical (unpaired) electrons. The highest BCUT2D eigenvalue weighted by atomic mass is 32.2. The number of halogens is 3. The Labute approximate surface area is 196 Å². The van der Waals surface area contributed by atoms with Crippen LogP contribution in [0.3, 0.4) is 0 Å². The van der Waals surface area contributed by atoms with E-state index in [9.17, 15) is 22.8 Å². The van der Waals surface area contributed by atoms with E-state index in [1.165, 1.54) is 18.6 Å². The molecule has 0 saturated heterocycles. The van der Waals surface area contributed by atoms with Gasteiger partial charge in [0.1, 0.15) is 5.75 Å². The molecule has 1 amide bonds. The standard InChI is InChI=1S/C24H18F3N3O3S/c1-13(22(31)28-19-11-10-17(25)20(26)21(19)27)34-24-29-18-9-4-3-8-16(18)23(32)30(24)14-6-5-7-15(12-14)33-2/h3-13H,1-2H3,(H,28,31). The highest BCUT2D eigenvalue weighted by Crippen LogP contribution is 2.28. The number of anilines is 1. The van der Waals surface area contributed by atoms with Crippen LogP contribution in [0.5, 0.6) is 5.75 Å². The largest absolute Gasteiger partial charge is 0.497 e. The molecule has 174 valence electrons. The Morgan fingerprint density at radius 1 is 1.06 bits per heavy atom. The van der Waals surface area contributed by atoms with Gasteiger partial charge < -0.3 is 10.1 Å². The van der Waals surface area contributed by atoms with E-state index in [0.29, 0.717) is 22.3 Å². The zero-order valence-electron chi connectivity index (χ0n) is 18.0. The van der Waals surface area contributed by atoms with E-state index < -0.39 is 34.3 Å². The monoisotopic (exact) mass is 485 g/mol. The Kier molecular flexibility index (Phi) is 6.60.